The number of aromatic nitrogens is 1. The van der Waals surface area contributed by atoms with Gasteiger partial charge in [0.1, 0.15) is 11.7 Å². The van der Waals surface area contributed by atoms with Gasteiger partial charge in [-0.1, -0.05) is 0 Å². The van der Waals surface area contributed by atoms with E-state index in [9.17, 15) is 14.4 Å². The Kier molecular flexibility index (Phi) is 4.77. The van der Waals surface area contributed by atoms with Crippen molar-refractivity contribution in [3.05, 3.63) is 22.5 Å². The van der Waals surface area contributed by atoms with Crippen LogP contribution in [-0.2, 0) is 9.53 Å². The Morgan fingerprint density at radius 3 is 2.57 bits per heavy atom. The van der Waals surface area contributed by atoms with Gasteiger partial charge in [0, 0.05) is 18.8 Å². The van der Waals surface area contributed by atoms with Crippen molar-refractivity contribution in [1.29, 1.82) is 0 Å². The van der Waals surface area contributed by atoms with Gasteiger partial charge >= 0.3 is 5.97 Å². The molecular weight excluding hydrogens is 298 g/mol. The molecular formula is C16H23N3O4. The summed E-state index contributed by atoms with van der Waals surface area (Å²) in [5, 5.41) is 2.72. The Labute approximate surface area is 135 Å². The maximum absolute atomic E-state index is 12.7. The number of hydrogen-bond acceptors (Lipinski definition) is 4. The second-order valence-corrected chi connectivity index (χ2v) is 6.04. The van der Waals surface area contributed by atoms with E-state index in [-0.39, 0.29) is 17.9 Å². The maximum atomic E-state index is 12.7. The van der Waals surface area contributed by atoms with Gasteiger partial charge in [0.15, 0.2) is 0 Å². The molecule has 23 heavy (non-hydrogen) atoms. The van der Waals surface area contributed by atoms with E-state index in [0.717, 1.165) is 0 Å². The number of nitrogens with one attached hydrogen (secondary N) is 2. The number of amides is 2. The SMILES string of the molecule is Cc1[nH]c(C(=O)N2CCNC(=O)C2C)c(C)c1C(=O)OC(C)C. The molecule has 0 aromatic carbocycles. The molecule has 7 heteroatoms. The molecule has 7 nitrogen and oxygen atoms in total. The molecule has 1 aliphatic rings. The minimum Gasteiger partial charge on any atom is -0.459 e. The van der Waals surface area contributed by atoms with Crippen LogP contribution in [0.25, 0.3) is 0 Å². The first-order valence-electron chi connectivity index (χ1n) is 7.72. The number of piperazine rings is 1. The molecule has 0 spiro atoms. The highest BCUT2D eigenvalue weighted by Gasteiger charge is 2.33. The number of rotatable bonds is 3. The average Bonchev–Trinajstić information content (AvgIpc) is 2.75. The largest absolute Gasteiger partial charge is 0.459 e. The fraction of sp³-hybridized carbons (Fsp3) is 0.562. The van der Waals surface area contributed by atoms with E-state index < -0.39 is 12.0 Å². The first-order chi connectivity index (χ1) is 10.7. The van der Waals surface area contributed by atoms with Crippen molar-refractivity contribution < 1.29 is 19.1 Å². The summed E-state index contributed by atoms with van der Waals surface area (Å²) < 4.78 is 5.23. The van der Waals surface area contributed by atoms with E-state index >= 15 is 0 Å². The van der Waals surface area contributed by atoms with Crippen molar-refractivity contribution in [2.24, 2.45) is 0 Å². The van der Waals surface area contributed by atoms with Gasteiger partial charge in [-0.05, 0) is 40.2 Å². The fourth-order valence-electron chi connectivity index (χ4n) is 2.75. The summed E-state index contributed by atoms with van der Waals surface area (Å²) in [7, 11) is 0. The highest BCUT2D eigenvalue weighted by atomic mass is 16.5. The van der Waals surface area contributed by atoms with Gasteiger partial charge in [0.2, 0.25) is 5.91 Å². The molecule has 1 saturated heterocycles. The number of nitrogens with zero attached hydrogens (tertiary/aromatic N) is 1. The molecule has 2 heterocycles. The van der Waals surface area contributed by atoms with Crippen LogP contribution < -0.4 is 5.32 Å². The molecule has 0 bridgehead atoms. The highest BCUT2D eigenvalue weighted by molar-refractivity contribution is 6.02. The third kappa shape index (κ3) is 3.23. The quantitative estimate of drug-likeness (QED) is 0.817. The lowest BCUT2D eigenvalue weighted by Crippen LogP contribution is -2.56. The Hall–Kier alpha value is -2.31. The molecule has 2 amide bonds. The molecule has 2 N–H and O–H groups in total. The van der Waals surface area contributed by atoms with E-state index in [1.807, 2.05) is 0 Å². The molecule has 0 aliphatic carbocycles. The Balaban J connectivity index is 2.32. The summed E-state index contributed by atoms with van der Waals surface area (Å²) in [4.78, 5) is 41.2. The molecule has 1 aliphatic heterocycles. The number of H-pyrrole nitrogens is 1. The zero-order valence-corrected chi connectivity index (χ0v) is 14.1. The van der Waals surface area contributed by atoms with Gasteiger partial charge in [0.05, 0.1) is 11.7 Å². The van der Waals surface area contributed by atoms with Crippen LogP contribution in [0, 0.1) is 13.8 Å². The first-order valence-corrected chi connectivity index (χ1v) is 7.72. The van der Waals surface area contributed by atoms with E-state index in [1.165, 1.54) is 4.90 Å². The zero-order chi connectivity index (χ0) is 17.3. The van der Waals surface area contributed by atoms with Gasteiger partial charge in [0.25, 0.3) is 5.91 Å². The monoisotopic (exact) mass is 321 g/mol. The number of esters is 1. The smallest absolute Gasteiger partial charge is 0.340 e. The predicted molar refractivity (Wildman–Crippen MR) is 84.3 cm³/mol. The van der Waals surface area contributed by atoms with Crippen molar-refractivity contribution >= 4 is 17.8 Å². The van der Waals surface area contributed by atoms with Gasteiger partial charge in [-0.15, -0.1) is 0 Å². The van der Waals surface area contributed by atoms with Crippen molar-refractivity contribution in [2.75, 3.05) is 13.1 Å². The molecule has 126 valence electrons. The lowest BCUT2D eigenvalue weighted by molar-refractivity contribution is -0.127. The van der Waals surface area contributed by atoms with Crippen LogP contribution >= 0.6 is 0 Å². The molecule has 0 saturated carbocycles. The van der Waals surface area contributed by atoms with Gasteiger partial charge < -0.3 is 19.9 Å². The molecule has 0 radical (unpaired) electrons. The number of hydrogen-bond donors (Lipinski definition) is 2. The van der Waals surface area contributed by atoms with E-state index in [4.69, 9.17) is 4.74 Å². The molecule has 1 aromatic heterocycles. The van der Waals surface area contributed by atoms with Crippen LogP contribution in [0.3, 0.4) is 0 Å². The lowest BCUT2D eigenvalue weighted by Gasteiger charge is -2.32. The Bertz CT molecular complexity index is 648. The van der Waals surface area contributed by atoms with E-state index in [0.29, 0.717) is 35.6 Å². The summed E-state index contributed by atoms with van der Waals surface area (Å²) in [6.07, 6.45) is -0.235. The molecule has 2 rings (SSSR count). The highest BCUT2D eigenvalue weighted by Crippen LogP contribution is 2.22. The lowest BCUT2D eigenvalue weighted by atomic mass is 10.1. The van der Waals surface area contributed by atoms with Crippen LogP contribution in [0.2, 0.25) is 0 Å². The van der Waals surface area contributed by atoms with Gasteiger partial charge in [-0.25, -0.2) is 4.79 Å². The van der Waals surface area contributed by atoms with Crippen LogP contribution in [0.15, 0.2) is 0 Å². The van der Waals surface area contributed by atoms with Gasteiger partial charge in [-0.2, -0.15) is 0 Å². The number of aromatic amines is 1. The van der Waals surface area contributed by atoms with Crippen molar-refractivity contribution in [2.45, 2.75) is 46.8 Å². The number of carbonyl (C=O) groups is 3. The summed E-state index contributed by atoms with van der Waals surface area (Å²) in [6, 6.07) is -0.537. The minimum absolute atomic E-state index is 0.176. The summed E-state index contributed by atoms with van der Waals surface area (Å²) >= 11 is 0. The third-order valence-electron chi connectivity index (χ3n) is 3.96. The average molecular weight is 321 g/mol. The molecule has 1 atom stereocenters. The summed E-state index contributed by atoms with van der Waals surface area (Å²) in [6.45, 7) is 9.54. The van der Waals surface area contributed by atoms with Crippen LogP contribution in [0.5, 0.6) is 0 Å². The summed E-state index contributed by atoms with van der Waals surface area (Å²) in [5.41, 5.74) is 1.86. The first kappa shape index (κ1) is 17.1. The maximum Gasteiger partial charge on any atom is 0.340 e. The van der Waals surface area contributed by atoms with Crippen LogP contribution in [0.4, 0.5) is 0 Å². The topological polar surface area (TPSA) is 91.5 Å². The number of carbonyl (C=O) groups excluding carboxylic acids is 3. The number of aryl methyl sites for hydroxylation is 1. The number of ether oxygens (including phenoxy) is 1. The Morgan fingerprint density at radius 2 is 1.96 bits per heavy atom. The Morgan fingerprint density at radius 1 is 1.30 bits per heavy atom. The predicted octanol–water partition coefficient (Wildman–Crippen LogP) is 1.16. The van der Waals surface area contributed by atoms with E-state index in [1.54, 1.807) is 34.6 Å². The zero-order valence-electron chi connectivity index (χ0n) is 14.1. The normalized spacial score (nSPS) is 18.1. The van der Waals surface area contributed by atoms with Crippen molar-refractivity contribution in [1.82, 2.24) is 15.2 Å². The van der Waals surface area contributed by atoms with Crippen LogP contribution in [0.1, 0.15) is 52.9 Å². The van der Waals surface area contributed by atoms with Crippen molar-refractivity contribution in [3.63, 3.8) is 0 Å². The second kappa shape index (κ2) is 6.44. The van der Waals surface area contributed by atoms with Crippen LogP contribution in [-0.4, -0.2) is 52.9 Å². The minimum atomic E-state index is -0.537. The van der Waals surface area contributed by atoms with Gasteiger partial charge in [-0.3, -0.25) is 9.59 Å². The standard InChI is InChI=1S/C16H23N3O4/c1-8(2)23-16(22)12-9(3)13(18-10(12)4)15(21)19-7-6-17-14(20)11(19)5/h8,11,18H,6-7H2,1-5H3,(H,17,20). The summed E-state index contributed by atoms with van der Waals surface area (Å²) in [5.74, 6) is -0.906. The molecule has 1 unspecified atom stereocenters. The van der Waals surface area contributed by atoms with Crippen molar-refractivity contribution in [3.8, 4) is 0 Å². The third-order valence-corrected chi connectivity index (χ3v) is 3.96. The second-order valence-electron chi connectivity index (χ2n) is 6.04. The molecule has 1 fully saturated rings. The van der Waals surface area contributed by atoms with E-state index in [2.05, 4.69) is 10.3 Å². The fourth-order valence-corrected chi connectivity index (χ4v) is 2.75. The molecule has 1 aromatic rings.